The Morgan fingerprint density at radius 3 is 2.45 bits per heavy atom. The fourth-order valence-electron chi connectivity index (χ4n) is 4.79. The molecule has 0 radical (unpaired) electrons. The predicted molar refractivity (Wildman–Crippen MR) is 115 cm³/mol. The number of amides is 1. The van der Waals surface area contributed by atoms with Crippen LogP contribution < -0.4 is 15.4 Å². The zero-order valence-corrected chi connectivity index (χ0v) is 19.0. The van der Waals surface area contributed by atoms with Crippen molar-refractivity contribution in [3.05, 3.63) is 24.3 Å². The Bertz CT molecular complexity index is 906. The van der Waals surface area contributed by atoms with Crippen LogP contribution in [0.4, 0.5) is 14.5 Å². The molecular formula is C21H31F2N3O4S. The van der Waals surface area contributed by atoms with Crippen LogP contribution >= 0.6 is 0 Å². The largest absolute Gasteiger partial charge is 0.494 e. The lowest BCUT2D eigenvalue weighted by molar-refractivity contribution is -0.147. The molecule has 3 saturated heterocycles. The maximum atomic E-state index is 14.6. The quantitative estimate of drug-likeness (QED) is 0.672. The summed E-state index contributed by atoms with van der Waals surface area (Å²) in [7, 11) is -4.97. The third kappa shape index (κ3) is 4.50. The Morgan fingerprint density at radius 1 is 1.23 bits per heavy atom. The van der Waals surface area contributed by atoms with E-state index in [1.807, 2.05) is 31.2 Å². The molecule has 4 rings (SSSR count). The number of nitrogens with zero attached hydrogens (tertiary/aromatic N) is 2. The second-order valence-electron chi connectivity index (χ2n) is 8.99. The highest BCUT2D eigenvalue weighted by molar-refractivity contribution is 7.93. The van der Waals surface area contributed by atoms with Crippen LogP contribution in [0.5, 0.6) is 5.75 Å². The van der Waals surface area contributed by atoms with Crippen LogP contribution in [0.2, 0.25) is 0 Å². The van der Waals surface area contributed by atoms with Gasteiger partial charge in [-0.2, -0.15) is 8.78 Å². The molecule has 2 bridgehead atoms. The van der Waals surface area contributed by atoms with Gasteiger partial charge in [-0.1, -0.05) is 13.8 Å². The lowest BCUT2D eigenvalue weighted by Gasteiger charge is -2.48. The first-order valence-electron chi connectivity index (χ1n) is 10.5. The van der Waals surface area contributed by atoms with Crippen molar-refractivity contribution in [1.82, 2.24) is 4.90 Å². The minimum atomic E-state index is -4.97. The van der Waals surface area contributed by atoms with E-state index in [9.17, 15) is 22.0 Å². The SMILES string of the molecule is CCOc1ccc(N2C[C@H]3CN(C(=O)C(F)(F)S(=O)(=O)CCN)C[C@@H]2C(C)(C)C3)cc1. The number of carbonyl (C=O) groups excluding carboxylic acids is 1. The number of fused-ring (bicyclic) bond motifs is 4. The monoisotopic (exact) mass is 459 g/mol. The van der Waals surface area contributed by atoms with Gasteiger partial charge in [0.05, 0.1) is 18.4 Å². The number of sulfone groups is 1. The van der Waals surface area contributed by atoms with E-state index in [0.717, 1.165) is 22.8 Å². The Hall–Kier alpha value is -1.94. The van der Waals surface area contributed by atoms with Gasteiger partial charge in [-0.25, -0.2) is 8.42 Å². The zero-order chi connectivity index (χ0) is 23.0. The molecule has 3 fully saturated rings. The van der Waals surface area contributed by atoms with E-state index in [2.05, 4.69) is 18.7 Å². The molecule has 174 valence electrons. The number of alkyl halides is 2. The molecule has 2 atom stereocenters. The van der Waals surface area contributed by atoms with Crippen molar-refractivity contribution in [3.8, 4) is 5.75 Å². The number of hydrogen-bond donors (Lipinski definition) is 1. The van der Waals surface area contributed by atoms with Crippen molar-refractivity contribution >= 4 is 21.4 Å². The van der Waals surface area contributed by atoms with Gasteiger partial charge in [0.25, 0.3) is 0 Å². The van der Waals surface area contributed by atoms with Crippen LogP contribution in [0.3, 0.4) is 0 Å². The minimum Gasteiger partial charge on any atom is -0.494 e. The van der Waals surface area contributed by atoms with Crippen LogP contribution in [0, 0.1) is 11.3 Å². The Balaban J connectivity index is 1.89. The molecule has 3 aliphatic heterocycles. The van der Waals surface area contributed by atoms with Crippen LogP contribution in [0.1, 0.15) is 27.2 Å². The van der Waals surface area contributed by atoms with Gasteiger partial charge in [0.2, 0.25) is 9.84 Å². The first kappa shape index (κ1) is 23.7. The van der Waals surface area contributed by atoms with Gasteiger partial charge in [0, 0.05) is 31.9 Å². The molecule has 1 aromatic rings. The van der Waals surface area contributed by atoms with Gasteiger partial charge in [-0.3, -0.25) is 4.79 Å². The van der Waals surface area contributed by atoms with Gasteiger partial charge in [-0.05, 0) is 48.9 Å². The molecule has 0 aliphatic carbocycles. The number of piperidine rings is 1. The topological polar surface area (TPSA) is 92.9 Å². The van der Waals surface area contributed by atoms with Crippen molar-refractivity contribution in [2.24, 2.45) is 17.1 Å². The van der Waals surface area contributed by atoms with E-state index in [4.69, 9.17) is 10.5 Å². The summed E-state index contributed by atoms with van der Waals surface area (Å²) in [5.74, 6) is -1.90. The highest BCUT2D eigenvalue weighted by atomic mass is 32.2. The van der Waals surface area contributed by atoms with E-state index < -0.39 is 33.3 Å². The lowest BCUT2D eigenvalue weighted by atomic mass is 9.73. The number of anilines is 1. The van der Waals surface area contributed by atoms with Crippen LogP contribution in [0.15, 0.2) is 24.3 Å². The molecule has 0 spiro atoms. The summed E-state index contributed by atoms with van der Waals surface area (Å²) < 4.78 is 58.8. The maximum absolute atomic E-state index is 14.6. The molecule has 0 saturated carbocycles. The molecule has 7 nitrogen and oxygen atoms in total. The molecule has 0 aromatic heterocycles. The van der Waals surface area contributed by atoms with Crippen LogP contribution in [0.25, 0.3) is 0 Å². The molecule has 3 heterocycles. The summed E-state index contributed by atoms with van der Waals surface area (Å²) in [6.45, 7) is 6.84. The van der Waals surface area contributed by atoms with Gasteiger partial charge in [0.15, 0.2) is 0 Å². The Kier molecular flexibility index (Phi) is 6.53. The van der Waals surface area contributed by atoms with E-state index in [0.29, 0.717) is 13.2 Å². The summed E-state index contributed by atoms with van der Waals surface area (Å²) >= 11 is 0. The maximum Gasteiger partial charge on any atom is 0.421 e. The number of nitrogens with two attached hydrogens (primary N) is 1. The standard InChI is InChI=1S/C21H31F2N3O4S/c1-4-30-17-7-5-16(6-8-17)26-13-15-11-20(2,3)18(26)14-25(12-15)19(27)21(22,23)31(28,29)10-9-24/h5-8,15,18H,4,9-14,24H2,1-3H3/t15-,18-/m1/s1. The molecule has 2 N–H and O–H groups in total. The number of rotatable bonds is 7. The summed E-state index contributed by atoms with van der Waals surface area (Å²) in [5, 5.41) is -4.48. The van der Waals surface area contributed by atoms with E-state index in [-0.39, 0.29) is 30.5 Å². The zero-order valence-electron chi connectivity index (χ0n) is 18.2. The average molecular weight is 460 g/mol. The van der Waals surface area contributed by atoms with Gasteiger partial charge < -0.3 is 20.3 Å². The van der Waals surface area contributed by atoms with Gasteiger partial charge in [-0.15, -0.1) is 0 Å². The number of hydrogen-bond acceptors (Lipinski definition) is 6. The van der Waals surface area contributed by atoms with Crippen LogP contribution in [-0.4, -0.2) is 69.1 Å². The highest BCUT2D eigenvalue weighted by Gasteiger charge is 2.56. The first-order chi connectivity index (χ1) is 14.4. The number of halogens is 2. The van der Waals surface area contributed by atoms with Crippen LogP contribution in [-0.2, 0) is 14.6 Å². The van der Waals surface area contributed by atoms with E-state index in [1.54, 1.807) is 0 Å². The van der Waals surface area contributed by atoms with Crippen molar-refractivity contribution in [1.29, 1.82) is 0 Å². The highest BCUT2D eigenvalue weighted by Crippen LogP contribution is 2.44. The summed E-state index contributed by atoms with van der Waals surface area (Å²) in [6, 6.07) is 7.34. The van der Waals surface area contributed by atoms with E-state index >= 15 is 0 Å². The third-order valence-electron chi connectivity index (χ3n) is 6.21. The van der Waals surface area contributed by atoms with Crippen molar-refractivity contribution in [2.45, 2.75) is 38.5 Å². The number of benzene rings is 1. The van der Waals surface area contributed by atoms with Gasteiger partial charge >= 0.3 is 11.2 Å². The van der Waals surface area contributed by atoms with Crippen molar-refractivity contribution < 1.29 is 26.7 Å². The minimum absolute atomic E-state index is 0.0310. The predicted octanol–water partition coefficient (Wildman–Crippen LogP) is 2.11. The smallest absolute Gasteiger partial charge is 0.421 e. The normalized spacial score (nSPS) is 23.5. The summed E-state index contributed by atoms with van der Waals surface area (Å²) in [5.41, 5.74) is 5.84. The van der Waals surface area contributed by atoms with Crippen molar-refractivity contribution in [3.63, 3.8) is 0 Å². The number of carbonyl (C=O) groups is 1. The molecule has 1 aromatic carbocycles. The Morgan fingerprint density at radius 2 is 1.87 bits per heavy atom. The first-order valence-corrected chi connectivity index (χ1v) is 12.2. The molecule has 0 unspecified atom stereocenters. The molecular weight excluding hydrogens is 428 g/mol. The Labute approximate surface area is 182 Å². The average Bonchev–Trinajstić information content (AvgIpc) is 2.95. The third-order valence-corrected chi connectivity index (χ3v) is 7.94. The molecule has 31 heavy (non-hydrogen) atoms. The van der Waals surface area contributed by atoms with Crippen molar-refractivity contribution in [2.75, 3.05) is 43.4 Å². The number of ether oxygens (including phenoxy) is 1. The fourth-order valence-corrected chi connectivity index (χ4v) is 5.75. The van der Waals surface area contributed by atoms with E-state index in [1.165, 1.54) is 0 Å². The fraction of sp³-hybridized carbons (Fsp3) is 0.667. The van der Waals surface area contributed by atoms with Gasteiger partial charge in [0.1, 0.15) is 5.75 Å². The lowest BCUT2D eigenvalue weighted by Crippen LogP contribution is -2.55. The summed E-state index contributed by atoms with van der Waals surface area (Å²) in [4.78, 5) is 15.9. The molecule has 1 amide bonds. The summed E-state index contributed by atoms with van der Waals surface area (Å²) in [6.07, 6.45) is 0.760. The molecule has 3 aliphatic rings. The molecule has 10 heteroatoms. The second-order valence-corrected chi connectivity index (χ2v) is 11.1. The second kappa shape index (κ2) is 8.54.